The van der Waals surface area contributed by atoms with Crippen LogP contribution in [0.1, 0.15) is 34.5 Å². The van der Waals surface area contributed by atoms with Crippen LogP contribution in [-0.4, -0.2) is 51.4 Å². The summed E-state index contributed by atoms with van der Waals surface area (Å²) >= 11 is 0. The molecule has 29 heavy (non-hydrogen) atoms. The largest absolute Gasteiger partial charge is 0.394 e. The first-order chi connectivity index (χ1) is 13.9. The molecule has 154 valence electrons. The van der Waals surface area contributed by atoms with Crippen LogP contribution in [0.3, 0.4) is 0 Å². The fraction of sp³-hybridized carbons (Fsp3) is 0.364. The summed E-state index contributed by atoms with van der Waals surface area (Å²) in [5.74, 6) is -0.734. The van der Waals surface area contributed by atoms with Gasteiger partial charge >= 0.3 is 0 Å². The maximum Gasteiger partial charge on any atom is 0.150 e. The molecule has 0 bridgehead atoms. The number of fused-ring (bicyclic) bond motifs is 1. The molecule has 1 saturated heterocycles. The third kappa shape index (κ3) is 3.60. The summed E-state index contributed by atoms with van der Waals surface area (Å²) in [6.07, 6.45) is -6.42. The topological polar surface area (TPSA) is 90.2 Å². The summed E-state index contributed by atoms with van der Waals surface area (Å²) in [4.78, 5) is 0. The van der Waals surface area contributed by atoms with Gasteiger partial charge in [0, 0.05) is 5.56 Å². The molecule has 1 heterocycles. The SMILES string of the molecule is OC[C@H]1O[C@@H](c2ccc(F)c(C(F)C3=Cc4ccccc4C3)c2)[C@H](O)[C@@H](O)[C@@H]1O. The van der Waals surface area contributed by atoms with Crippen molar-refractivity contribution in [3.63, 3.8) is 0 Å². The normalized spacial score (nSPS) is 30.0. The van der Waals surface area contributed by atoms with Gasteiger partial charge in [-0.3, -0.25) is 0 Å². The molecule has 5 nitrogen and oxygen atoms in total. The van der Waals surface area contributed by atoms with Crippen molar-refractivity contribution < 1.29 is 33.9 Å². The molecule has 4 rings (SSSR count). The van der Waals surface area contributed by atoms with E-state index in [0.29, 0.717) is 12.0 Å². The second-order valence-electron chi connectivity index (χ2n) is 7.49. The molecule has 1 aliphatic carbocycles. The molecule has 2 aromatic carbocycles. The van der Waals surface area contributed by atoms with Gasteiger partial charge in [-0.2, -0.15) is 0 Å². The van der Waals surface area contributed by atoms with Crippen LogP contribution < -0.4 is 0 Å². The van der Waals surface area contributed by atoms with Crippen LogP contribution >= 0.6 is 0 Å². The highest BCUT2D eigenvalue weighted by molar-refractivity contribution is 5.65. The fourth-order valence-electron chi connectivity index (χ4n) is 3.98. The highest BCUT2D eigenvalue weighted by atomic mass is 19.1. The van der Waals surface area contributed by atoms with Crippen LogP contribution in [0.2, 0.25) is 0 Å². The Morgan fingerprint density at radius 2 is 1.79 bits per heavy atom. The van der Waals surface area contributed by atoms with Gasteiger partial charge < -0.3 is 25.2 Å². The van der Waals surface area contributed by atoms with Gasteiger partial charge in [-0.1, -0.05) is 36.4 Å². The molecule has 0 aromatic heterocycles. The zero-order valence-corrected chi connectivity index (χ0v) is 15.5. The van der Waals surface area contributed by atoms with Crippen molar-refractivity contribution >= 4 is 6.08 Å². The predicted octanol–water partition coefficient (Wildman–Crippen LogP) is 1.99. The number of allylic oxidation sites excluding steroid dienone is 1. The summed E-state index contributed by atoms with van der Waals surface area (Å²) in [7, 11) is 0. The molecule has 0 spiro atoms. The van der Waals surface area contributed by atoms with Crippen molar-refractivity contribution in [1.29, 1.82) is 0 Å². The number of halogens is 2. The van der Waals surface area contributed by atoms with Crippen molar-refractivity contribution in [2.24, 2.45) is 0 Å². The van der Waals surface area contributed by atoms with E-state index in [2.05, 4.69) is 0 Å². The second kappa shape index (κ2) is 7.93. The highest BCUT2D eigenvalue weighted by Gasteiger charge is 2.44. The monoisotopic (exact) mass is 404 g/mol. The van der Waals surface area contributed by atoms with Crippen molar-refractivity contribution in [1.82, 2.24) is 0 Å². The van der Waals surface area contributed by atoms with Crippen LogP contribution in [0.25, 0.3) is 6.08 Å². The first kappa shape index (κ1) is 20.1. The molecule has 4 N–H and O–H groups in total. The molecule has 6 atom stereocenters. The van der Waals surface area contributed by atoms with Gasteiger partial charge in [-0.05, 0) is 40.8 Å². The summed E-state index contributed by atoms with van der Waals surface area (Å²) in [5.41, 5.74) is 2.35. The van der Waals surface area contributed by atoms with E-state index >= 15 is 4.39 Å². The lowest BCUT2D eigenvalue weighted by Crippen LogP contribution is -2.55. The molecule has 0 amide bonds. The van der Waals surface area contributed by atoms with E-state index in [1.807, 2.05) is 24.3 Å². The standard InChI is InChI=1S/C22H22F2O5/c23-16-6-5-13(22-21(28)20(27)19(26)17(10-25)29-22)9-15(16)18(24)14-7-11-3-1-2-4-12(11)8-14/h1-7,9,17-22,25-28H,8,10H2/t17-,18?,19-,20+,21-,22+/m1/s1. The van der Waals surface area contributed by atoms with E-state index in [1.165, 1.54) is 12.1 Å². The Bertz CT molecular complexity index is 929. The van der Waals surface area contributed by atoms with Gasteiger partial charge in [0.05, 0.1) is 6.61 Å². The number of aliphatic hydroxyl groups is 4. The van der Waals surface area contributed by atoms with Gasteiger partial charge in [-0.25, -0.2) is 8.78 Å². The Morgan fingerprint density at radius 3 is 2.52 bits per heavy atom. The van der Waals surface area contributed by atoms with Gasteiger partial charge in [0.2, 0.25) is 0 Å². The highest BCUT2D eigenvalue weighted by Crippen LogP contribution is 2.39. The van der Waals surface area contributed by atoms with E-state index in [4.69, 9.17) is 4.74 Å². The second-order valence-corrected chi connectivity index (χ2v) is 7.49. The van der Waals surface area contributed by atoms with E-state index < -0.39 is 49.1 Å². The van der Waals surface area contributed by atoms with Crippen molar-refractivity contribution in [3.05, 3.63) is 76.1 Å². The molecular formula is C22H22F2O5. The minimum absolute atomic E-state index is 0.196. The van der Waals surface area contributed by atoms with Crippen LogP contribution in [-0.2, 0) is 11.2 Å². The van der Waals surface area contributed by atoms with Crippen LogP contribution in [0.4, 0.5) is 8.78 Å². The van der Waals surface area contributed by atoms with Gasteiger partial charge in [-0.15, -0.1) is 0 Å². The van der Waals surface area contributed by atoms with Crippen molar-refractivity contribution in [3.8, 4) is 0 Å². The van der Waals surface area contributed by atoms with Gasteiger partial charge in [0.25, 0.3) is 0 Å². The third-order valence-corrected chi connectivity index (χ3v) is 5.63. The first-order valence-electron chi connectivity index (χ1n) is 9.43. The lowest BCUT2D eigenvalue weighted by Gasteiger charge is -2.40. The maximum absolute atomic E-state index is 15.3. The van der Waals surface area contributed by atoms with E-state index in [-0.39, 0.29) is 11.1 Å². The fourth-order valence-corrected chi connectivity index (χ4v) is 3.98. The lowest BCUT2D eigenvalue weighted by atomic mass is 9.89. The number of alkyl halides is 1. The maximum atomic E-state index is 15.3. The van der Waals surface area contributed by atoms with E-state index in [0.717, 1.165) is 17.2 Å². The average molecular weight is 404 g/mol. The quantitative estimate of drug-likeness (QED) is 0.626. The number of ether oxygens (including phenoxy) is 1. The minimum atomic E-state index is -1.69. The lowest BCUT2D eigenvalue weighted by molar-refractivity contribution is -0.231. The van der Waals surface area contributed by atoms with Crippen molar-refractivity contribution in [2.75, 3.05) is 6.61 Å². The summed E-state index contributed by atoms with van der Waals surface area (Å²) in [6.45, 7) is -0.577. The zero-order valence-electron chi connectivity index (χ0n) is 15.5. The van der Waals surface area contributed by atoms with Gasteiger partial charge in [0.1, 0.15) is 42.5 Å². The van der Waals surface area contributed by atoms with Crippen LogP contribution in [0.5, 0.6) is 0 Å². The Hall–Kier alpha value is -2.16. The molecular weight excluding hydrogens is 382 g/mol. The number of hydrogen-bond donors (Lipinski definition) is 4. The van der Waals surface area contributed by atoms with E-state index in [1.54, 1.807) is 6.08 Å². The molecule has 2 aliphatic rings. The van der Waals surface area contributed by atoms with Crippen molar-refractivity contribution in [2.45, 2.75) is 43.1 Å². The Morgan fingerprint density at radius 1 is 1.03 bits per heavy atom. The minimum Gasteiger partial charge on any atom is -0.394 e. The average Bonchev–Trinajstić information content (AvgIpc) is 3.17. The summed E-state index contributed by atoms with van der Waals surface area (Å²) in [6, 6.07) is 11.2. The number of hydrogen-bond acceptors (Lipinski definition) is 5. The summed E-state index contributed by atoms with van der Waals surface area (Å²) in [5, 5.41) is 39.5. The first-order valence-corrected chi connectivity index (χ1v) is 9.43. The van der Waals surface area contributed by atoms with E-state index in [9.17, 15) is 24.8 Å². The predicted molar refractivity (Wildman–Crippen MR) is 101 cm³/mol. The number of benzene rings is 2. The van der Waals surface area contributed by atoms with Gasteiger partial charge in [0.15, 0.2) is 0 Å². The zero-order chi connectivity index (χ0) is 20.7. The Kier molecular flexibility index (Phi) is 5.50. The molecule has 1 fully saturated rings. The van der Waals surface area contributed by atoms with Crippen LogP contribution in [0, 0.1) is 5.82 Å². The molecule has 0 radical (unpaired) electrons. The Balaban J connectivity index is 1.63. The molecule has 1 unspecified atom stereocenters. The third-order valence-electron chi connectivity index (χ3n) is 5.63. The van der Waals surface area contributed by atoms with Crippen LogP contribution in [0.15, 0.2) is 48.0 Å². The smallest absolute Gasteiger partial charge is 0.150 e. The summed E-state index contributed by atoms with van der Waals surface area (Å²) < 4.78 is 35.2. The molecule has 0 saturated carbocycles. The Labute approximate surface area is 166 Å². The molecule has 2 aromatic rings. The number of rotatable bonds is 4. The molecule has 1 aliphatic heterocycles. The number of aliphatic hydroxyl groups excluding tert-OH is 4. The molecule has 7 heteroatoms.